The van der Waals surface area contributed by atoms with Crippen molar-refractivity contribution in [3.63, 3.8) is 0 Å². The summed E-state index contributed by atoms with van der Waals surface area (Å²) in [6.45, 7) is 7.43. The third kappa shape index (κ3) is 5.19. The summed E-state index contributed by atoms with van der Waals surface area (Å²) in [4.78, 5) is 13.8. The van der Waals surface area contributed by atoms with Crippen LogP contribution in [0.2, 0.25) is 0 Å². The molecule has 0 aromatic carbocycles. The van der Waals surface area contributed by atoms with Gasteiger partial charge in [0.15, 0.2) is 0 Å². The predicted octanol–water partition coefficient (Wildman–Crippen LogP) is 2.58. The average Bonchev–Trinajstić information content (AvgIpc) is 2.40. The first kappa shape index (κ1) is 17.1. The van der Waals surface area contributed by atoms with Gasteiger partial charge >= 0.3 is 6.09 Å². The van der Waals surface area contributed by atoms with E-state index in [0.29, 0.717) is 19.7 Å². The Bertz CT molecular complexity index is 409. The van der Waals surface area contributed by atoms with Gasteiger partial charge in [-0.3, -0.25) is 0 Å². The molecule has 22 heavy (non-hydrogen) atoms. The lowest BCUT2D eigenvalue weighted by Gasteiger charge is -2.39. The van der Waals surface area contributed by atoms with Gasteiger partial charge in [-0.15, -0.1) is 6.42 Å². The number of amides is 1. The molecule has 0 bridgehead atoms. The lowest BCUT2D eigenvalue weighted by Crippen LogP contribution is -2.46. The van der Waals surface area contributed by atoms with Gasteiger partial charge in [0.1, 0.15) is 12.2 Å². The number of rotatable bonds is 4. The van der Waals surface area contributed by atoms with E-state index in [2.05, 4.69) is 5.92 Å². The molecule has 1 aliphatic carbocycles. The molecule has 2 fully saturated rings. The highest BCUT2D eigenvalue weighted by molar-refractivity contribution is 5.68. The third-order valence-corrected chi connectivity index (χ3v) is 3.93. The number of ether oxygens (including phenoxy) is 3. The molecule has 0 radical (unpaired) electrons. The number of carbonyl (C=O) groups is 1. The van der Waals surface area contributed by atoms with E-state index in [4.69, 9.17) is 20.6 Å². The first-order chi connectivity index (χ1) is 10.4. The molecule has 1 heterocycles. The van der Waals surface area contributed by atoms with Crippen molar-refractivity contribution >= 4 is 6.09 Å². The molecule has 1 aliphatic heterocycles. The van der Waals surface area contributed by atoms with Crippen molar-refractivity contribution in [2.24, 2.45) is 0 Å². The van der Waals surface area contributed by atoms with Crippen LogP contribution in [0.3, 0.4) is 0 Å². The molecule has 0 atom stereocenters. The fourth-order valence-electron chi connectivity index (χ4n) is 2.70. The van der Waals surface area contributed by atoms with Gasteiger partial charge < -0.3 is 19.1 Å². The van der Waals surface area contributed by atoms with E-state index in [0.717, 1.165) is 25.7 Å². The van der Waals surface area contributed by atoms with Crippen LogP contribution in [0.1, 0.15) is 46.5 Å². The van der Waals surface area contributed by atoms with E-state index in [1.165, 1.54) is 0 Å². The minimum absolute atomic E-state index is 0.225. The number of hydrogen-bond acceptors (Lipinski definition) is 4. The van der Waals surface area contributed by atoms with Gasteiger partial charge in [0.25, 0.3) is 0 Å². The Morgan fingerprint density at radius 1 is 1.18 bits per heavy atom. The third-order valence-electron chi connectivity index (χ3n) is 3.93. The van der Waals surface area contributed by atoms with Crippen molar-refractivity contribution in [3.8, 4) is 12.3 Å². The monoisotopic (exact) mass is 309 g/mol. The van der Waals surface area contributed by atoms with Gasteiger partial charge in [0.2, 0.25) is 0 Å². The molecule has 0 N–H and O–H groups in total. The molecule has 2 rings (SSSR count). The standard InChI is InChI=1S/C17H27NO4/c1-5-10-20-14-11-15(12-14)21-13-6-8-18(9-7-13)16(19)22-17(2,3)4/h1,13-15H,6-12H2,2-4H3. The summed E-state index contributed by atoms with van der Waals surface area (Å²) in [6, 6.07) is 0. The van der Waals surface area contributed by atoms with Crippen LogP contribution >= 0.6 is 0 Å². The van der Waals surface area contributed by atoms with Crippen molar-refractivity contribution in [1.82, 2.24) is 4.90 Å². The molecule has 5 nitrogen and oxygen atoms in total. The lowest BCUT2D eigenvalue weighted by molar-refractivity contribution is -0.130. The van der Waals surface area contributed by atoms with Crippen molar-refractivity contribution in [2.45, 2.75) is 70.4 Å². The second kappa shape index (κ2) is 7.34. The van der Waals surface area contributed by atoms with Gasteiger partial charge in [-0.1, -0.05) is 5.92 Å². The number of likely N-dealkylation sites (tertiary alicyclic amines) is 1. The summed E-state index contributed by atoms with van der Waals surface area (Å²) in [7, 11) is 0. The normalized spacial score (nSPS) is 26.2. The van der Waals surface area contributed by atoms with Crippen LogP contribution in [0, 0.1) is 12.3 Å². The summed E-state index contributed by atoms with van der Waals surface area (Å²) < 4.78 is 16.9. The zero-order valence-corrected chi connectivity index (χ0v) is 13.8. The first-order valence-corrected chi connectivity index (χ1v) is 8.06. The average molecular weight is 309 g/mol. The molecule has 2 aliphatic rings. The highest BCUT2D eigenvalue weighted by Crippen LogP contribution is 2.29. The zero-order valence-electron chi connectivity index (χ0n) is 13.8. The molecule has 5 heteroatoms. The fraction of sp³-hybridized carbons (Fsp3) is 0.824. The van der Waals surface area contributed by atoms with Gasteiger partial charge in [0.05, 0.1) is 18.3 Å². The molecule has 1 amide bonds. The van der Waals surface area contributed by atoms with E-state index in [1.807, 2.05) is 20.8 Å². The number of piperidine rings is 1. The maximum absolute atomic E-state index is 12.0. The minimum Gasteiger partial charge on any atom is -0.444 e. The summed E-state index contributed by atoms with van der Waals surface area (Å²) in [5.41, 5.74) is -0.441. The Morgan fingerprint density at radius 3 is 2.36 bits per heavy atom. The zero-order chi connectivity index (χ0) is 16.2. The van der Waals surface area contributed by atoms with Crippen LogP contribution in [0.25, 0.3) is 0 Å². The molecule has 0 spiro atoms. The Hall–Kier alpha value is -1.25. The van der Waals surface area contributed by atoms with Gasteiger partial charge in [0, 0.05) is 25.9 Å². The number of hydrogen-bond donors (Lipinski definition) is 0. The number of carbonyl (C=O) groups excluding carboxylic acids is 1. The molecule has 124 valence electrons. The van der Waals surface area contributed by atoms with Crippen LogP contribution in [0.15, 0.2) is 0 Å². The fourth-order valence-corrected chi connectivity index (χ4v) is 2.70. The maximum atomic E-state index is 12.0. The second-order valence-electron chi connectivity index (χ2n) is 7.03. The molecular formula is C17H27NO4. The van der Waals surface area contributed by atoms with Crippen LogP contribution in [-0.2, 0) is 14.2 Å². The first-order valence-electron chi connectivity index (χ1n) is 8.06. The number of terminal acetylenes is 1. The predicted molar refractivity (Wildman–Crippen MR) is 83.5 cm³/mol. The van der Waals surface area contributed by atoms with Gasteiger partial charge in [-0.25, -0.2) is 4.79 Å². The highest BCUT2D eigenvalue weighted by Gasteiger charge is 2.34. The quantitative estimate of drug-likeness (QED) is 0.749. The van der Waals surface area contributed by atoms with Gasteiger partial charge in [-0.05, 0) is 33.6 Å². The summed E-state index contributed by atoms with van der Waals surface area (Å²) in [5.74, 6) is 2.48. The Labute approximate surface area is 133 Å². The van der Waals surface area contributed by atoms with E-state index in [9.17, 15) is 4.79 Å². The van der Waals surface area contributed by atoms with Crippen molar-refractivity contribution in [1.29, 1.82) is 0 Å². The molecule has 0 aromatic heterocycles. The van der Waals surface area contributed by atoms with E-state index < -0.39 is 5.60 Å². The van der Waals surface area contributed by atoms with Crippen LogP contribution in [0.5, 0.6) is 0 Å². The van der Waals surface area contributed by atoms with Crippen molar-refractivity contribution in [3.05, 3.63) is 0 Å². The summed E-state index contributed by atoms with van der Waals surface area (Å²) in [6.07, 6.45) is 9.29. The van der Waals surface area contributed by atoms with Crippen LogP contribution < -0.4 is 0 Å². The van der Waals surface area contributed by atoms with E-state index >= 15 is 0 Å². The summed E-state index contributed by atoms with van der Waals surface area (Å²) in [5, 5.41) is 0. The Morgan fingerprint density at radius 2 is 1.82 bits per heavy atom. The van der Waals surface area contributed by atoms with Crippen molar-refractivity contribution in [2.75, 3.05) is 19.7 Å². The van der Waals surface area contributed by atoms with Crippen LogP contribution in [0.4, 0.5) is 4.79 Å². The highest BCUT2D eigenvalue weighted by atomic mass is 16.6. The molecule has 1 saturated carbocycles. The second-order valence-corrected chi connectivity index (χ2v) is 7.03. The topological polar surface area (TPSA) is 48.0 Å². The minimum atomic E-state index is -0.441. The van der Waals surface area contributed by atoms with Crippen LogP contribution in [-0.4, -0.2) is 54.6 Å². The number of nitrogens with zero attached hydrogens (tertiary/aromatic N) is 1. The largest absolute Gasteiger partial charge is 0.444 e. The summed E-state index contributed by atoms with van der Waals surface area (Å²) >= 11 is 0. The molecular weight excluding hydrogens is 282 g/mol. The molecule has 1 saturated heterocycles. The Balaban J connectivity index is 1.62. The van der Waals surface area contributed by atoms with E-state index in [-0.39, 0.29) is 24.4 Å². The van der Waals surface area contributed by atoms with Gasteiger partial charge in [-0.2, -0.15) is 0 Å². The lowest BCUT2D eigenvalue weighted by atomic mass is 9.91. The molecule has 0 aromatic rings. The molecule has 0 unspecified atom stereocenters. The van der Waals surface area contributed by atoms with E-state index in [1.54, 1.807) is 4.90 Å². The Kier molecular flexibility index (Phi) is 5.71. The maximum Gasteiger partial charge on any atom is 0.410 e. The smallest absolute Gasteiger partial charge is 0.410 e. The van der Waals surface area contributed by atoms with Crippen molar-refractivity contribution < 1.29 is 19.0 Å². The SMILES string of the molecule is C#CCOC1CC(OC2CCN(C(=O)OC(C)(C)C)CC2)C1.